The molecular formula is C22H23N5O7. The number of carbonyl (C=O) groups excluding carboxylic acids is 4. The van der Waals surface area contributed by atoms with Crippen LogP contribution in [-0.2, 0) is 25.7 Å². The van der Waals surface area contributed by atoms with Crippen LogP contribution >= 0.6 is 0 Å². The Hall–Kier alpha value is -4.48. The number of nitrogen functional groups attached to an aromatic ring is 1. The third kappa shape index (κ3) is 5.46. The van der Waals surface area contributed by atoms with Crippen molar-refractivity contribution in [3.8, 4) is 0 Å². The molecule has 0 fully saturated rings. The Bertz CT molecular complexity index is 1260. The molecule has 0 radical (unpaired) electrons. The normalized spacial score (nSPS) is 10.6. The smallest absolute Gasteiger partial charge is 0.342 e. The van der Waals surface area contributed by atoms with Crippen molar-refractivity contribution in [3.63, 3.8) is 0 Å². The van der Waals surface area contributed by atoms with Gasteiger partial charge in [0.2, 0.25) is 17.5 Å². The molecule has 2 amide bonds. The molecule has 0 saturated carbocycles. The molecule has 0 bridgehead atoms. The van der Waals surface area contributed by atoms with Crippen LogP contribution < -0.4 is 16.4 Å². The Morgan fingerprint density at radius 1 is 0.971 bits per heavy atom. The summed E-state index contributed by atoms with van der Waals surface area (Å²) >= 11 is 0. The number of nitrogens with one attached hydrogen (secondary N) is 2. The molecule has 0 spiro atoms. The van der Waals surface area contributed by atoms with Gasteiger partial charge in [-0.15, -0.1) is 0 Å². The number of hydrogen-bond donors (Lipinski definition) is 3. The number of benzene rings is 1. The van der Waals surface area contributed by atoms with Crippen LogP contribution in [0.4, 0.5) is 17.2 Å². The first-order valence-corrected chi connectivity index (χ1v) is 10.2. The first-order valence-electron chi connectivity index (χ1n) is 10.2. The number of anilines is 3. The Kier molecular flexibility index (Phi) is 7.09. The van der Waals surface area contributed by atoms with Crippen molar-refractivity contribution in [3.05, 3.63) is 40.9 Å². The number of hydrogen-bond acceptors (Lipinski definition) is 10. The van der Waals surface area contributed by atoms with E-state index in [4.69, 9.17) is 19.6 Å². The van der Waals surface area contributed by atoms with Gasteiger partial charge in [0.05, 0.1) is 17.6 Å². The average molecular weight is 469 g/mol. The predicted molar refractivity (Wildman–Crippen MR) is 121 cm³/mol. The van der Waals surface area contributed by atoms with Gasteiger partial charge in [-0.05, 0) is 32.0 Å². The number of nitrogens with two attached hydrogens (primary N) is 1. The van der Waals surface area contributed by atoms with Crippen molar-refractivity contribution in [2.24, 2.45) is 0 Å². The fourth-order valence-electron chi connectivity index (χ4n) is 3.21. The summed E-state index contributed by atoms with van der Waals surface area (Å²) in [6.07, 6.45) is 0. The number of carbonyl (C=O) groups is 4. The number of amides is 2. The zero-order valence-corrected chi connectivity index (χ0v) is 19.0. The Labute approximate surface area is 193 Å². The summed E-state index contributed by atoms with van der Waals surface area (Å²) in [5, 5.41) is 5.32. The summed E-state index contributed by atoms with van der Waals surface area (Å²) in [5.74, 6) is -1.80. The summed E-state index contributed by atoms with van der Waals surface area (Å²) in [5.41, 5.74) is 6.87. The number of aryl methyl sites for hydroxylation is 1. The van der Waals surface area contributed by atoms with Gasteiger partial charge < -0.3 is 30.3 Å². The molecule has 1 aromatic carbocycles. The molecule has 2 heterocycles. The second-order valence-corrected chi connectivity index (χ2v) is 7.20. The maximum Gasteiger partial charge on any atom is 0.342 e. The molecule has 12 nitrogen and oxygen atoms in total. The van der Waals surface area contributed by atoms with Crippen molar-refractivity contribution >= 4 is 52.0 Å². The second-order valence-electron chi connectivity index (χ2n) is 7.20. The lowest BCUT2D eigenvalue weighted by Crippen LogP contribution is -2.13. The molecule has 0 aliphatic carbocycles. The van der Waals surface area contributed by atoms with E-state index >= 15 is 0 Å². The van der Waals surface area contributed by atoms with Crippen molar-refractivity contribution in [2.45, 2.75) is 34.3 Å². The minimum atomic E-state index is -0.760. The highest BCUT2D eigenvalue weighted by Gasteiger charge is 2.24. The number of furan rings is 1. The Balaban J connectivity index is 1.84. The van der Waals surface area contributed by atoms with Crippen molar-refractivity contribution in [1.29, 1.82) is 0 Å². The summed E-state index contributed by atoms with van der Waals surface area (Å²) in [6, 6.07) is 4.29. The number of ether oxygens (including phenoxy) is 2. The van der Waals surface area contributed by atoms with Gasteiger partial charge in [-0.2, -0.15) is 4.98 Å². The van der Waals surface area contributed by atoms with E-state index in [1.54, 1.807) is 13.8 Å². The number of rotatable bonds is 7. The first kappa shape index (κ1) is 24.2. The Morgan fingerprint density at radius 2 is 1.59 bits per heavy atom. The highest BCUT2D eigenvalue weighted by atomic mass is 16.5. The van der Waals surface area contributed by atoms with Crippen LogP contribution in [0.2, 0.25) is 0 Å². The third-order valence-electron chi connectivity index (χ3n) is 4.42. The number of aromatic nitrogens is 2. The van der Waals surface area contributed by atoms with Gasteiger partial charge in [0.25, 0.3) is 0 Å². The van der Waals surface area contributed by atoms with E-state index in [-0.39, 0.29) is 64.7 Å². The monoisotopic (exact) mass is 469 g/mol. The van der Waals surface area contributed by atoms with Crippen LogP contribution in [0, 0.1) is 6.92 Å². The van der Waals surface area contributed by atoms with Crippen LogP contribution in [0.3, 0.4) is 0 Å². The minimum Gasteiger partial charge on any atom is -0.462 e. The quantitative estimate of drug-likeness (QED) is 0.436. The molecule has 34 heavy (non-hydrogen) atoms. The molecule has 3 rings (SSSR count). The number of fused-ring (bicyclic) bond motifs is 1. The molecule has 2 aromatic heterocycles. The molecule has 12 heteroatoms. The van der Waals surface area contributed by atoms with Gasteiger partial charge in [-0.25, -0.2) is 14.6 Å². The molecule has 3 aromatic rings. The fraction of sp³-hybridized carbons (Fsp3) is 0.273. The van der Waals surface area contributed by atoms with Gasteiger partial charge in [0.15, 0.2) is 12.4 Å². The molecule has 0 unspecified atom stereocenters. The third-order valence-corrected chi connectivity index (χ3v) is 4.42. The van der Waals surface area contributed by atoms with Gasteiger partial charge in [-0.1, -0.05) is 0 Å². The summed E-state index contributed by atoms with van der Waals surface area (Å²) in [4.78, 5) is 56.0. The van der Waals surface area contributed by atoms with E-state index in [2.05, 4.69) is 20.6 Å². The van der Waals surface area contributed by atoms with Gasteiger partial charge >= 0.3 is 11.9 Å². The lowest BCUT2D eigenvalue weighted by Gasteiger charge is -2.10. The van der Waals surface area contributed by atoms with Gasteiger partial charge in [0, 0.05) is 25.2 Å². The molecule has 0 saturated heterocycles. The Morgan fingerprint density at radius 3 is 2.15 bits per heavy atom. The summed E-state index contributed by atoms with van der Waals surface area (Å²) in [6.45, 7) is 5.68. The lowest BCUT2D eigenvalue weighted by molar-refractivity contribution is -0.115. The topological polar surface area (TPSA) is 176 Å². The molecule has 4 N–H and O–H groups in total. The van der Waals surface area contributed by atoms with Crippen LogP contribution in [0.15, 0.2) is 22.6 Å². The molecule has 0 atom stereocenters. The fourth-order valence-corrected chi connectivity index (χ4v) is 3.21. The van der Waals surface area contributed by atoms with Crippen LogP contribution in [0.5, 0.6) is 0 Å². The zero-order valence-electron chi connectivity index (χ0n) is 19.0. The number of esters is 2. The standard InChI is InChI=1S/C22H23N5O7/c1-5-32-22(31)17-10(2)34-20-18(17)19(23)26-16(27-20)9-33-21(30)13-6-14(24-11(3)28)8-15(7-13)25-12(4)29/h6-8H,5,9H2,1-4H3,(H,24,28)(H,25,29)(H2,23,26,27). The van der Waals surface area contributed by atoms with Crippen molar-refractivity contribution in [1.82, 2.24) is 9.97 Å². The zero-order chi connectivity index (χ0) is 25.0. The van der Waals surface area contributed by atoms with Crippen LogP contribution in [0.25, 0.3) is 11.1 Å². The van der Waals surface area contributed by atoms with E-state index < -0.39 is 11.9 Å². The summed E-state index contributed by atoms with van der Waals surface area (Å²) in [7, 11) is 0. The van der Waals surface area contributed by atoms with Crippen LogP contribution in [-0.4, -0.2) is 40.3 Å². The summed E-state index contributed by atoms with van der Waals surface area (Å²) < 4.78 is 15.8. The van der Waals surface area contributed by atoms with E-state index in [0.29, 0.717) is 11.4 Å². The van der Waals surface area contributed by atoms with Crippen molar-refractivity contribution < 1.29 is 33.1 Å². The van der Waals surface area contributed by atoms with Crippen LogP contribution in [0.1, 0.15) is 53.1 Å². The number of nitrogens with zero attached hydrogens (tertiary/aromatic N) is 2. The van der Waals surface area contributed by atoms with E-state index in [0.717, 1.165) is 0 Å². The molecule has 0 aliphatic rings. The van der Waals surface area contributed by atoms with Crippen molar-refractivity contribution in [2.75, 3.05) is 23.0 Å². The minimum absolute atomic E-state index is 0.0310. The maximum atomic E-state index is 12.6. The first-order chi connectivity index (χ1) is 16.1. The lowest BCUT2D eigenvalue weighted by atomic mass is 10.1. The maximum absolute atomic E-state index is 12.6. The van der Waals surface area contributed by atoms with E-state index in [1.807, 2.05) is 0 Å². The van der Waals surface area contributed by atoms with E-state index in [1.165, 1.54) is 32.0 Å². The van der Waals surface area contributed by atoms with Gasteiger partial charge in [0.1, 0.15) is 17.1 Å². The van der Waals surface area contributed by atoms with E-state index in [9.17, 15) is 19.2 Å². The largest absolute Gasteiger partial charge is 0.462 e. The highest BCUT2D eigenvalue weighted by molar-refractivity contribution is 6.07. The molecule has 0 aliphatic heterocycles. The average Bonchev–Trinajstić information content (AvgIpc) is 3.07. The SMILES string of the molecule is CCOC(=O)c1c(C)oc2nc(COC(=O)c3cc(NC(C)=O)cc(NC(C)=O)c3)nc(N)c12. The molecular weight excluding hydrogens is 446 g/mol. The highest BCUT2D eigenvalue weighted by Crippen LogP contribution is 2.29. The predicted octanol–water partition coefficient (Wildman–Crippen LogP) is 2.56. The second kappa shape index (κ2) is 9.98. The molecule has 178 valence electrons. The van der Waals surface area contributed by atoms with Gasteiger partial charge in [-0.3, -0.25) is 9.59 Å².